The minimum absolute atomic E-state index is 0.176. The SMILES string of the molecule is C=C.C=C(C)C(=O)O.C=C(C)C(=O)O.OCC(O)CO. The fraction of sp³-hybridized carbons (Fsp3) is 0.385. The summed E-state index contributed by atoms with van der Waals surface area (Å²) in [5, 5.41) is 39.8. The first-order valence-corrected chi connectivity index (χ1v) is 5.27. The molecule has 0 saturated carbocycles. The van der Waals surface area contributed by atoms with Crippen LogP contribution in [0.4, 0.5) is 0 Å². The van der Waals surface area contributed by atoms with Crippen molar-refractivity contribution in [2.75, 3.05) is 13.2 Å². The average molecular weight is 292 g/mol. The molecule has 0 rings (SSSR count). The third-order valence-corrected chi connectivity index (χ3v) is 1.15. The lowest BCUT2D eigenvalue weighted by Crippen LogP contribution is -2.15. The number of aliphatic hydroxyl groups excluding tert-OH is 3. The number of aliphatic hydroxyl groups is 3. The van der Waals surface area contributed by atoms with E-state index in [0.717, 1.165) is 0 Å². The maximum absolute atomic E-state index is 9.60. The smallest absolute Gasteiger partial charge is 0.330 e. The summed E-state index contributed by atoms with van der Waals surface area (Å²) < 4.78 is 0. The quantitative estimate of drug-likeness (QED) is 0.374. The Bertz CT molecular complexity index is 245. The number of carboxylic acid groups (broad SMARTS) is 2. The van der Waals surface area contributed by atoms with E-state index in [4.69, 9.17) is 25.5 Å². The summed E-state index contributed by atoms with van der Waals surface area (Å²) in [6.45, 7) is 14.5. The van der Waals surface area contributed by atoms with Crippen LogP contribution >= 0.6 is 0 Å². The zero-order chi connectivity index (χ0) is 17.3. The molecular formula is C13H24O7. The number of aliphatic carboxylic acids is 2. The molecule has 0 spiro atoms. The maximum Gasteiger partial charge on any atom is 0.330 e. The van der Waals surface area contributed by atoms with Crippen LogP contribution < -0.4 is 0 Å². The minimum Gasteiger partial charge on any atom is -0.478 e. The normalized spacial score (nSPS) is 7.70. The van der Waals surface area contributed by atoms with E-state index in [-0.39, 0.29) is 24.4 Å². The summed E-state index contributed by atoms with van der Waals surface area (Å²) in [5.74, 6) is -1.87. The number of carbonyl (C=O) groups is 2. The summed E-state index contributed by atoms with van der Waals surface area (Å²) in [6.07, 6.45) is -0.954. The molecule has 0 fully saturated rings. The first kappa shape index (κ1) is 26.6. The highest BCUT2D eigenvalue weighted by atomic mass is 16.4. The second kappa shape index (κ2) is 19.4. The average Bonchev–Trinajstić information content (AvgIpc) is 2.41. The molecule has 0 saturated heterocycles. The standard InChI is InChI=1S/2C4H6O2.C3H8O3.C2H4/c2*1-3(2)4(5)6;4-1-3(6)2-5;1-2/h2*1H2,2H3,(H,5,6);3-6H,1-2H2;1-2H2. The van der Waals surface area contributed by atoms with Crippen LogP contribution in [0.2, 0.25) is 0 Å². The van der Waals surface area contributed by atoms with Gasteiger partial charge in [-0.05, 0) is 13.8 Å². The molecule has 0 atom stereocenters. The second-order valence-electron chi connectivity index (χ2n) is 3.19. The Morgan fingerprint density at radius 2 is 1.05 bits per heavy atom. The molecule has 0 amide bonds. The Balaban J connectivity index is -0.0000000902. The summed E-state index contributed by atoms with van der Waals surface area (Å²) in [7, 11) is 0. The molecule has 0 heterocycles. The van der Waals surface area contributed by atoms with Crippen molar-refractivity contribution in [3.8, 4) is 0 Å². The monoisotopic (exact) mass is 292 g/mol. The molecule has 5 N–H and O–H groups in total. The molecule has 0 aliphatic carbocycles. The van der Waals surface area contributed by atoms with E-state index in [1.165, 1.54) is 13.8 Å². The molecule has 0 unspecified atom stereocenters. The van der Waals surface area contributed by atoms with Crippen LogP contribution in [0.25, 0.3) is 0 Å². The highest BCUT2D eigenvalue weighted by molar-refractivity contribution is 5.85. The second-order valence-corrected chi connectivity index (χ2v) is 3.19. The Kier molecular flexibility index (Phi) is 25.8. The van der Waals surface area contributed by atoms with Gasteiger partial charge < -0.3 is 25.5 Å². The molecule has 118 valence electrons. The Morgan fingerprint density at radius 3 is 1.05 bits per heavy atom. The molecule has 0 aromatic heterocycles. The molecule has 7 nitrogen and oxygen atoms in total. The van der Waals surface area contributed by atoms with E-state index in [1.54, 1.807) is 0 Å². The Labute approximate surface area is 118 Å². The highest BCUT2D eigenvalue weighted by Crippen LogP contribution is 1.81. The van der Waals surface area contributed by atoms with Crippen molar-refractivity contribution in [2.45, 2.75) is 20.0 Å². The maximum atomic E-state index is 9.60. The predicted octanol–water partition coefficient (Wildman–Crippen LogP) is 0.428. The molecule has 0 aliphatic rings. The molecule has 0 aliphatic heterocycles. The topological polar surface area (TPSA) is 135 Å². The fourth-order valence-electron chi connectivity index (χ4n) is 0.0577. The van der Waals surface area contributed by atoms with Gasteiger partial charge in [0.05, 0.1) is 13.2 Å². The molecular weight excluding hydrogens is 268 g/mol. The van der Waals surface area contributed by atoms with Crippen molar-refractivity contribution in [3.63, 3.8) is 0 Å². The van der Waals surface area contributed by atoms with Gasteiger partial charge in [0.15, 0.2) is 0 Å². The Hall–Kier alpha value is -1.96. The van der Waals surface area contributed by atoms with Crippen molar-refractivity contribution in [2.24, 2.45) is 0 Å². The number of hydrogen-bond acceptors (Lipinski definition) is 5. The molecule has 7 heteroatoms. The van der Waals surface area contributed by atoms with E-state index < -0.39 is 18.0 Å². The van der Waals surface area contributed by atoms with Crippen LogP contribution in [-0.2, 0) is 9.59 Å². The first-order valence-electron chi connectivity index (χ1n) is 5.27. The van der Waals surface area contributed by atoms with Crippen LogP contribution in [0.3, 0.4) is 0 Å². The van der Waals surface area contributed by atoms with Crippen LogP contribution in [0.15, 0.2) is 37.5 Å². The third-order valence-electron chi connectivity index (χ3n) is 1.15. The van der Waals surface area contributed by atoms with E-state index >= 15 is 0 Å². The van der Waals surface area contributed by atoms with Gasteiger partial charge >= 0.3 is 11.9 Å². The van der Waals surface area contributed by atoms with E-state index in [1.807, 2.05) is 0 Å². The molecule has 0 bridgehead atoms. The van der Waals surface area contributed by atoms with Gasteiger partial charge in [0.2, 0.25) is 0 Å². The van der Waals surface area contributed by atoms with Crippen LogP contribution in [0.1, 0.15) is 13.8 Å². The summed E-state index contributed by atoms with van der Waals surface area (Å²) in [6, 6.07) is 0. The zero-order valence-corrected chi connectivity index (χ0v) is 11.9. The zero-order valence-electron chi connectivity index (χ0n) is 11.9. The molecule has 20 heavy (non-hydrogen) atoms. The van der Waals surface area contributed by atoms with E-state index in [2.05, 4.69) is 26.3 Å². The van der Waals surface area contributed by atoms with Crippen molar-refractivity contribution in [3.05, 3.63) is 37.5 Å². The van der Waals surface area contributed by atoms with Gasteiger partial charge in [0.25, 0.3) is 0 Å². The van der Waals surface area contributed by atoms with Crippen LogP contribution in [-0.4, -0.2) is 56.8 Å². The van der Waals surface area contributed by atoms with Gasteiger partial charge in [-0.3, -0.25) is 0 Å². The van der Waals surface area contributed by atoms with Gasteiger partial charge in [-0.15, -0.1) is 13.2 Å². The fourth-order valence-corrected chi connectivity index (χ4v) is 0.0577. The first-order chi connectivity index (χ1) is 9.09. The van der Waals surface area contributed by atoms with Crippen molar-refractivity contribution < 1.29 is 35.1 Å². The number of carboxylic acids is 2. The van der Waals surface area contributed by atoms with Crippen molar-refractivity contribution in [1.82, 2.24) is 0 Å². The van der Waals surface area contributed by atoms with Gasteiger partial charge in [-0.25, -0.2) is 9.59 Å². The van der Waals surface area contributed by atoms with Crippen molar-refractivity contribution in [1.29, 1.82) is 0 Å². The molecule has 0 radical (unpaired) electrons. The third kappa shape index (κ3) is 36.0. The lowest BCUT2D eigenvalue weighted by atomic mass is 10.4. The van der Waals surface area contributed by atoms with E-state index in [9.17, 15) is 9.59 Å². The van der Waals surface area contributed by atoms with Gasteiger partial charge in [0, 0.05) is 11.1 Å². The van der Waals surface area contributed by atoms with Crippen LogP contribution in [0.5, 0.6) is 0 Å². The van der Waals surface area contributed by atoms with Gasteiger partial charge in [-0.2, -0.15) is 0 Å². The number of rotatable bonds is 4. The largest absolute Gasteiger partial charge is 0.478 e. The predicted molar refractivity (Wildman–Crippen MR) is 76.3 cm³/mol. The summed E-state index contributed by atoms with van der Waals surface area (Å²) >= 11 is 0. The van der Waals surface area contributed by atoms with E-state index in [0.29, 0.717) is 0 Å². The lowest BCUT2D eigenvalue weighted by Gasteiger charge is -1.96. The molecule has 0 aromatic rings. The number of hydrogen-bond donors (Lipinski definition) is 5. The Morgan fingerprint density at radius 1 is 0.900 bits per heavy atom. The van der Waals surface area contributed by atoms with Gasteiger partial charge in [-0.1, -0.05) is 13.2 Å². The summed E-state index contributed by atoms with van der Waals surface area (Å²) in [5.41, 5.74) is 0.352. The lowest BCUT2D eigenvalue weighted by molar-refractivity contribution is -0.133. The minimum atomic E-state index is -0.954. The molecule has 0 aromatic carbocycles. The van der Waals surface area contributed by atoms with Crippen molar-refractivity contribution >= 4 is 11.9 Å². The van der Waals surface area contributed by atoms with Gasteiger partial charge in [0.1, 0.15) is 6.10 Å². The highest BCUT2D eigenvalue weighted by Gasteiger charge is 1.93. The van der Waals surface area contributed by atoms with Crippen LogP contribution in [0, 0.1) is 0 Å². The summed E-state index contributed by atoms with van der Waals surface area (Å²) in [4.78, 5) is 19.2.